The number of rotatable bonds is 2. The second-order valence-corrected chi connectivity index (χ2v) is 7.28. The van der Waals surface area contributed by atoms with Gasteiger partial charge in [0.05, 0.1) is 0 Å². The zero-order valence-electron chi connectivity index (χ0n) is 10.6. The van der Waals surface area contributed by atoms with Crippen LogP contribution in [0.2, 0.25) is 0 Å². The lowest BCUT2D eigenvalue weighted by Gasteiger charge is -2.56. The summed E-state index contributed by atoms with van der Waals surface area (Å²) in [7, 11) is 0. The monoisotopic (exact) mass is 264 g/mol. The summed E-state index contributed by atoms with van der Waals surface area (Å²) in [4.78, 5) is 0. The molecule has 0 unspecified atom stereocenters. The Morgan fingerprint density at radius 1 is 1.22 bits per heavy atom. The molecule has 4 nitrogen and oxygen atoms in total. The molecule has 98 valence electrons. The lowest BCUT2D eigenvalue weighted by atomic mass is 9.49. The van der Waals surface area contributed by atoms with Crippen molar-refractivity contribution in [2.75, 3.05) is 5.73 Å². The summed E-state index contributed by atoms with van der Waals surface area (Å²) in [5.74, 6) is 3.46. The largest absolute Gasteiger partial charge is 0.368 e. The van der Waals surface area contributed by atoms with Gasteiger partial charge in [0.15, 0.2) is 4.77 Å². The van der Waals surface area contributed by atoms with Gasteiger partial charge in [-0.25, -0.2) is 5.10 Å². The third-order valence-corrected chi connectivity index (χ3v) is 5.76. The Morgan fingerprint density at radius 3 is 2.22 bits per heavy atom. The lowest BCUT2D eigenvalue weighted by Crippen LogP contribution is -2.48. The second kappa shape index (κ2) is 3.59. The molecule has 18 heavy (non-hydrogen) atoms. The van der Waals surface area contributed by atoms with E-state index in [-0.39, 0.29) is 0 Å². The quantitative estimate of drug-likeness (QED) is 0.807. The molecule has 5 rings (SSSR count). The lowest BCUT2D eigenvalue weighted by molar-refractivity contribution is -0.0618. The molecular formula is C13H20N4S. The van der Waals surface area contributed by atoms with Gasteiger partial charge in [-0.15, -0.1) is 5.10 Å². The third kappa shape index (κ3) is 1.56. The van der Waals surface area contributed by atoms with Crippen molar-refractivity contribution in [1.82, 2.24) is 14.8 Å². The summed E-state index contributed by atoms with van der Waals surface area (Å²) in [5, 5.41) is 6.85. The molecule has 4 aliphatic rings. The fourth-order valence-corrected chi connectivity index (χ4v) is 5.51. The van der Waals surface area contributed by atoms with Gasteiger partial charge in [-0.3, -0.25) is 4.57 Å². The highest BCUT2D eigenvalue weighted by molar-refractivity contribution is 7.71. The number of nitrogen functional groups attached to an aromatic ring is 1. The molecule has 0 atom stereocenters. The van der Waals surface area contributed by atoms with Crippen LogP contribution in [0, 0.1) is 27.9 Å². The average Bonchev–Trinajstić information content (AvgIpc) is 2.58. The van der Waals surface area contributed by atoms with E-state index >= 15 is 0 Å². The van der Waals surface area contributed by atoms with Crippen molar-refractivity contribution in [2.24, 2.45) is 23.2 Å². The van der Waals surface area contributed by atoms with Gasteiger partial charge >= 0.3 is 0 Å². The number of nitrogens with two attached hydrogens (primary N) is 1. The van der Waals surface area contributed by atoms with Crippen LogP contribution in [0.3, 0.4) is 0 Å². The Kier molecular flexibility index (Phi) is 2.20. The first-order valence-electron chi connectivity index (χ1n) is 7.04. The predicted octanol–water partition coefficient (Wildman–Crippen LogP) is 2.74. The van der Waals surface area contributed by atoms with E-state index < -0.39 is 0 Å². The second-order valence-electron chi connectivity index (χ2n) is 6.89. The molecule has 5 heteroatoms. The van der Waals surface area contributed by atoms with E-state index in [4.69, 9.17) is 18.0 Å². The van der Waals surface area contributed by atoms with Gasteiger partial charge in [-0.05, 0) is 73.9 Å². The number of aromatic nitrogens is 3. The van der Waals surface area contributed by atoms with Gasteiger partial charge in [0, 0.05) is 6.54 Å². The molecule has 4 fully saturated rings. The maximum Gasteiger partial charge on any atom is 0.220 e. The van der Waals surface area contributed by atoms with Crippen LogP contribution in [0.4, 0.5) is 5.95 Å². The number of anilines is 1. The number of H-pyrrole nitrogens is 1. The minimum absolute atomic E-state index is 0.463. The van der Waals surface area contributed by atoms with Crippen LogP contribution < -0.4 is 5.73 Å². The number of nitrogens with one attached hydrogen (secondary N) is 1. The fraction of sp³-hybridized carbons (Fsp3) is 0.846. The van der Waals surface area contributed by atoms with Crippen molar-refractivity contribution >= 4 is 18.2 Å². The number of hydrogen-bond donors (Lipinski definition) is 2. The van der Waals surface area contributed by atoms with E-state index in [9.17, 15) is 0 Å². The highest BCUT2D eigenvalue weighted by Gasteiger charge is 2.51. The molecule has 4 bridgehead atoms. The van der Waals surface area contributed by atoms with Gasteiger partial charge in [0.2, 0.25) is 5.95 Å². The van der Waals surface area contributed by atoms with Crippen LogP contribution in [0.25, 0.3) is 0 Å². The summed E-state index contributed by atoms with van der Waals surface area (Å²) < 4.78 is 2.70. The topological polar surface area (TPSA) is 59.6 Å². The Balaban J connectivity index is 1.67. The molecule has 0 aliphatic heterocycles. The Hall–Kier alpha value is -0.840. The molecule has 1 aromatic heterocycles. The first-order valence-corrected chi connectivity index (χ1v) is 7.45. The predicted molar refractivity (Wildman–Crippen MR) is 72.4 cm³/mol. The molecule has 0 aromatic carbocycles. The minimum Gasteiger partial charge on any atom is -0.368 e. The van der Waals surface area contributed by atoms with Gasteiger partial charge in [-0.1, -0.05) is 0 Å². The SMILES string of the molecule is Nc1n[nH]c(=S)n1CC12CC3CC(CC(C3)C1)C2. The number of nitrogens with zero attached hydrogens (tertiary/aromatic N) is 2. The van der Waals surface area contributed by atoms with Gasteiger partial charge in [0.25, 0.3) is 0 Å². The fourth-order valence-electron chi connectivity index (χ4n) is 5.30. The first kappa shape index (κ1) is 11.0. The van der Waals surface area contributed by atoms with Crippen molar-refractivity contribution in [3.63, 3.8) is 0 Å². The Labute approximate surface area is 112 Å². The molecule has 0 amide bonds. The van der Waals surface area contributed by atoms with Crippen molar-refractivity contribution in [1.29, 1.82) is 0 Å². The summed E-state index contributed by atoms with van der Waals surface area (Å²) in [6.07, 6.45) is 8.57. The maximum atomic E-state index is 5.92. The standard InChI is InChI=1S/C13H20N4S/c14-11-15-16-12(18)17(11)7-13-4-8-1-9(5-13)3-10(2-8)6-13/h8-10H,1-7H2,(H2,14,15)(H,16,18). The normalized spacial score (nSPS) is 41.4. The molecular weight excluding hydrogens is 244 g/mol. The molecule has 0 spiro atoms. The van der Waals surface area contributed by atoms with E-state index in [1.807, 2.05) is 4.57 Å². The van der Waals surface area contributed by atoms with Crippen LogP contribution in [0.1, 0.15) is 38.5 Å². The molecule has 4 saturated carbocycles. The smallest absolute Gasteiger partial charge is 0.220 e. The average molecular weight is 264 g/mol. The van der Waals surface area contributed by atoms with Crippen LogP contribution >= 0.6 is 12.2 Å². The molecule has 1 heterocycles. The van der Waals surface area contributed by atoms with Crippen molar-refractivity contribution in [3.8, 4) is 0 Å². The molecule has 4 aliphatic carbocycles. The summed E-state index contributed by atoms with van der Waals surface area (Å²) in [6.45, 7) is 0.984. The van der Waals surface area contributed by atoms with Gasteiger partial charge < -0.3 is 5.73 Å². The minimum atomic E-state index is 0.463. The number of aromatic amines is 1. The van der Waals surface area contributed by atoms with Crippen molar-refractivity contribution in [3.05, 3.63) is 4.77 Å². The van der Waals surface area contributed by atoms with Crippen molar-refractivity contribution < 1.29 is 0 Å². The van der Waals surface area contributed by atoms with Gasteiger partial charge in [0.1, 0.15) is 0 Å². The summed E-state index contributed by atoms with van der Waals surface area (Å²) in [5.41, 5.74) is 6.39. The zero-order valence-corrected chi connectivity index (χ0v) is 11.4. The summed E-state index contributed by atoms with van der Waals surface area (Å²) >= 11 is 5.29. The van der Waals surface area contributed by atoms with Gasteiger partial charge in [-0.2, -0.15) is 0 Å². The Bertz CT molecular complexity index is 494. The van der Waals surface area contributed by atoms with E-state index in [2.05, 4.69) is 10.2 Å². The maximum absolute atomic E-state index is 5.92. The highest BCUT2D eigenvalue weighted by Crippen LogP contribution is 2.60. The van der Waals surface area contributed by atoms with Crippen molar-refractivity contribution in [2.45, 2.75) is 45.1 Å². The van der Waals surface area contributed by atoms with E-state index in [0.29, 0.717) is 16.1 Å². The third-order valence-electron chi connectivity index (χ3n) is 5.45. The van der Waals surface area contributed by atoms with E-state index in [1.54, 1.807) is 0 Å². The van der Waals surface area contributed by atoms with E-state index in [0.717, 1.165) is 24.3 Å². The highest BCUT2D eigenvalue weighted by atomic mass is 32.1. The van der Waals surface area contributed by atoms with Crippen LogP contribution in [0.15, 0.2) is 0 Å². The first-order chi connectivity index (χ1) is 8.63. The molecule has 0 radical (unpaired) electrons. The zero-order chi connectivity index (χ0) is 12.3. The van der Waals surface area contributed by atoms with Crippen LogP contribution in [-0.2, 0) is 6.54 Å². The van der Waals surface area contributed by atoms with E-state index in [1.165, 1.54) is 38.5 Å². The summed E-state index contributed by atoms with van der Waals surface area (Å²) in [6, 6.07) is 0. The molecule has 3 N–H and O–H groups in total. The molecule has 1 aromatic rings. The molecule has 0 saturated heterocycles. The van der Waals surface area contributed by atoms with Crippen LogP contribution in [-0.4, -0.2) is 14.8 Å². The number of hydrogen-bond acceptors (Lipinski definition) is 3. The van der Waals surface area contributed by atoms with Crippen LogP contribution in [0.5, 0.6) is 0 Å². The Morgan fingerprint density at radius 2 is 1.78 bits per heavy atom.